The van der Waals surface area contributed by atoms with Crippen LogP contribution in [0.15, 0.2) is 24.3 Å². The number of hydrogen-bond acceptors (Lipinski definition) is 3. The molecule has 1 aromatic rings. The molecule has 0 aliphatic heterocycles. The van der Waals surface area contributed by atoms with E-state index in [0.29, 0.717) is 12.1 Å². The van der Waals surface area contributed by atoms with Gasteiger partial charge in [-0.3, -0.25) is 0 Å². The second kappa shape index (κ2) is 8.40. The van der Waals surface area contributed by atoms with Gasteiger partial charge in [-0.05, 0) is 43.9 Å². The van der Waals surface area contributed by atoms with Crippen LogP contribution >= 0.6 is 0 Å². The SMILES string of the molecule is CCCNC(CC)c1ccccc1N(CCOC)C1CC1. The number of para-hydroxylation sites is 1. The third kappa shape index (κ3) is 4.45. The fraction of sp³-hybridized carbons (Fsp3) is 0.667. The summed E-state index contributed by atoms with van der Waals surface area (Å²) in [6, 6.07) is 10.0. The van der Waals surface area contributed by atoms with E-state index in [-0.39, 0.29) is 0 Å². The van der Waals surface area contributed by atoms with Crippen molar-refractivity contribution in [1.82, 2.24) is 5.32 Å². The maximum Gasteiger partial charge on any atom is 0.0637 e. The van der Waals surface area contributed by atoms with Crippen LogP contribution in [-0.2, 0) is 4.74 Å². The molecular weight excluding hydrogens is 260 g/mol. The zero-order valence-corrected chi connectivity index (χ0v) is 13.8. The molecule has 0 heterocycles. The van der Waals surface area contributed by atoms with E-state index in [9.17, 15) is 0 Å². The minimum atomic E-state index is 0.449. The summed E-state index contributed by atoms with van der Waals surface area (Å²) < 4.78 is 5.31. The largest absolute Gasteiger partial charge is 0.383 e. The second-order valence-corrected chi connectivity index (χ2v) is 5.89. The molecule has 0 spiro atoms. The van der Waals surface area contributed by atoms with Crippen molar-refractivity contribution in [2.45, 2.75) is 51.6 Å². The molecule has 1 atom stereocenters. The van der Waals surface area contributed by atoms with Crippen molar-refractivity contribution >= 4 is 5.69 Å². The first-order valence-electron chi connectivity index (χ1n) is 8.39. The summed E-state index contributed by atoms with van der Waals surface area (Å²) in [7, 11) is 1.79. The third-order valence-electron chi connectivity index (χ3n) is 4.19. The Balaban J connectivity index is 2.20. The van der Waals surface area contributed by atoms with Crippen molar-refractivity contribution in [2.24, 2.45) is 0 Å². The molecular formula is C18H30N2O. The lowest BCUT2D eigenvalue weighted by Crippen LogP contribution is -2.32. The average molecular weight is 290 g/mol. The van der Waals surface area contributed by atoms with Crippen LogP contribution in [0.2, 0.25) is 0 Å². The van der Waals surface area contributed by atoms with E-state index in [2.05, 4.69) is 48.3 Å². The number of hydrogen-bond donors (Lipinski definition) is 1. The van der Waals surface area contributed by atoms with Gasteiger partial charge >= 0.3 is 0 Å². The van der Waals surface area contributed by atoms with E-state index >= 15 is 0 Å². The van der Waals surface area contributed by atoms with Gasteiger partial charge in [0.25, 0.3) is 0 Å². The lowest BCUT2D eigenvalue weighted by molar-refractivity contribution is 0.205. The molecule has 3 nitrogen and oxygen atoms in total. The highest BCUT2D eigenvalue weighted by Crippen LogP contribution is 2.36. The number of nitrogens with one attached hydrogen (secondary N) is 1. The van der Waals surface area contributed by atoms with E-state index in [4.69, 9.17) is 4.74 Å². The van der Waals surface area contributed by atoms with E-state index < -0.39 is 0 Å². The van der Waals surface area contributed by atoms with Gasteiger partial charge in [-0.15, -0.1) is 0 Å². The van der Waals surface area contributed by atoms with E-state index in [0.717, 1.165) is 26.1 Å². The van der Waals surface area contributed by atoms with Gasteiger partial charge in [0.05, 0.1) is 6.61 Å². The van der Waals surface area contributed by atoms with E-state index in [1.807, 2.05) is 0 Å². The molecule has 1 aliphatic rings. The summed E-state index contributed by atoms with van der Waals surface area (Å²) in [5, 5.41) is 3.69. The van der Waals surface area contributed by atoms with Crippen molar-refractivity contribution in [3.63, 3.8) is 0 Å². The molecule has 1 aromatic carbocycles. The molecule has 2 rings (SSSR count). The molecule has 1 aliphatic carbocycles. The zero-order valence-electron chi connectivity index (χ0n) is 13.8. The van der Waals surface area contributed by atoms with Crippen LogP contribution in [0.4, 0.5) is 5.69 Å². The Labute approximate surface area is 129 Å². The van der Waals surface area contributed by atoms with Gasteiger partial charge in [0.15, 0.2) is 0 Å². The molecule has 0 aromatic heterocycles. The van der Waals surface area contributed by atoms with Crippen LogP contribution in [0.1, 0.15) is 51.1 Å². The number of ether oxygens (including phenoxy) is 1. The van der Waals surface area contributed by atoms with Gasteiger partial charge in [-0.2, -0.15) is 0 Å². The highest BCUT2D eigenvalue weighted by Gasteiger charge is 2.30. The number of nitrogens with zero attached hydrogens (tertiary/aromatic N) is 1. The Hall–Kier alpha value is -1.06. The molecule has 0 radical (unpaired) electrons. The molecule has 0 saturated heterocycles. The number of methoxy groups -OCH3 is 1. The molecule has 0 bridgehead atoms. The molecule has 1 saturated carbocycles. The summed E-state index contributed by atoms with van der Waals surface area (Å²) in [4.78, 5) is 2.55. The van der Waals surface area contributed by atoms with Gasteiger partial charge in [0.2, 0.25) is 0 Å². The number of benzene rings is 1. The van der Waals surface area contributed by atoms with Crippen molar-refractivity contribution in [1.29, 1.82) is 0 Å². The topological polar surface area (TPSA) is 24.5 Å². The van der Waals surface area contributed by atoms with E-state index in [1.165, 1.54) is 30.5 Å². The highest BCUT2D eigenvalue weighted by molar-refractivity contribution is 5.56. The maximum atomic E-state index is 5.31. The highest BCUT2D eigenvalue weighted by atomic mass is 16.5. The van der Waals surface area contributed by atoms with Crippen molar-refractivity contribution in [3.05, 3.63) is 29.8 Å². The Kier molecular flexibility index (Phi) is 6.52. The first-order valence-corrected chi connectivity index (χ1v) is 8.39. The van der Waals surface area contributed by atoms with Crippen LogP contribution in [0, 0.1) is 0 Å². The fourth-order valence-electron chi connectivity index (χ4n) is 2.91. The lowest BCUT2D eigenvalue weighted by Gasteiger charge is -2.30. The summed E-state index contributed by atoms with van der Waals surface area (Å²) in [6.45, 7) is 7.35. The van der Waals surface area contributed by atoms with Crippen LogP contribution in [0.25, 0.3) is 0 Å². The van der Waals surface area contributed by atoms with Crippen LogP contribution in [0.5, 0.6) is 0 Å². The third-order valence-corrected chi connectivity index (χ3v) is 4.19. The van der Waals surface area contributed by atoms with Crippen LogP contribution in [0.3, 0.4) is 0 Å². The minimum absolute atomic E-state index is 0.449. The molecule has 1 N–H and O–H groups in total. The number of rotatable bonds is 10. The molecule has 1 unspecified atom stereocenters. The monoisotopic (exact) mass is 290 g/mol. The predicted octanol–water partition coefficient (Wildman–Crippen LogP) is 3.75. The fourth-order valence-corrected chi connectivity index (χ4v) is 2.91. The van der Waals surface area contributed by atoms with Crippen molar-refractivity contribution < 1.29 is 4.74 Å². The second-order valence-electron chi connectivity index (χ2n) is 5.89. The predicted molar refractivity (Wildman–Crippen MR) is 90.0 cm³/mol. The first-order chi connectivity index (χ1) is 10.3. The van der Waals surface area contributed by atoms with E-state index in [1.54, 1.807) is 7.11 Å². The summed E-state index contributed by atoms with van der Waals surface area (Å²) in [6.07, 6.45) is 4.93. The molecule has 3 heteroatoms. The molecule has 118 valence electrons. The Morgan fingerprint density at radius 1 is 1.29 bits per heavy atom. The normalized spacial score (nSPS) is 16.0. The number of anilines is 1. The average Bonchev–Trinajstić information content (AvgIpc) is 3.34. The van der Waals surface area contributed by atoms with Gasteiger partial charge in [-0.1, -0.05) is 32.0 Å². The minimum Gasteiger partial charge on any atom is -0.383 e. The van der Waals surface area contributed by atoms with Crippen molar-refractivity contribution in [2.75, 3.05) is 31.7 Å². The smallest absolute Gasteiger partial charge is 0.0637 e. The molecule has 21 heavy (non-hydrogen) atoms. The van der Waals surface area contributed by atoms with Gasteiger partial charge in [0, 0.05) is 31.4 Å². The standard InChI is InChI=1S/C18H30N2O/c1-4-12-19-17(5-2)16-8-6-7-9-18(16)20(13-14-21-3)15-10-11-15/h6-9,15,17,19H,4-5,10-14H2,1-3H3. The summed E-state index contributed by atoms with van der Waals surface area (Å²) >= 11 is 0. The van der Waals surface area contributed by atoms with Crippen LogP contribution in [-0.4, -0.2) is 32.8 Å². The Morgan fingerprint density at radius 2 is 2.05 bits per heavy atom. The van der Waals surface area contributed by atoms with Gasteiger partial charge < -0.3 is 15.0 Å². The lowest BCUT2D eigenvalue weighted by atomic mass is 10.0. The van der Waals surface area contributed by atoms with Gasteiger partial charge in [-0.25, -0.2) is 0 Å². The van der Waals surface area contributed by atoms with Crippen molar-refractivity contribution in [3.8, 4) is 0 Å². The Bertz CT molecular complexity index is 417. The molecule has 0 amide bonds. The van der Waals surface area contributed by atoms with Crippen LogP contribution < -0.4 is 10.2 Å². The maximum absolute atomic E-state index is 5.31. The Morgan fingerprint density at radius 3 is 2.67 bits per heavy atom. The summed E-state index contributed by atoms with van der Waals surface area (Å²) in [5.74, 6) is 0. The molecule has 1 fully saturated rings. The quantitative estimate of drug-likeness (QED) is 0.710. The zero-order chi connectivity index (χ0) is 15.1. The van der Waals surface area contributed by atoms with Gasteiger partial charge in [0.1, 0.15) is 0 Å². The first kappa shape index (κ1) is 16.3. The summed E-state index contributed by atoms with van der Waals surface area (Å²) in [5.41, 5.74) is 2.84.